The molecule has 3 aromatic carbocycles. The van der Waals surface area contributed by atoms with E-state index in [1.165, 1.54) is 7.11 Å². The summed E-state index contributed by atoms with van der Waals surface area (Å²) in [6.07, 6.45) is 1.15. The average molecular weight is 430 g/mol. The number of hydrogen-bond acceptors (Lipinski definition) is 8. The molecule has 32 heavy (non-hydrogen) atoms. The molecule has 0 atom stereocenters. The fraction of sp³-hybridized carbons (Fsp3) is 0.0455. The number of rotatable bonds is 7. The molecule has 10 heteroatoms. The van der Waals surface area contributed by atoms with Crippen LogP contribution in [0.25, 0.3) is 10.8 Å². The van der Waals surface area contributed by atoms with Crippen LogP contribution in [0, 0.1) is 10.1 Å². The Hall–Kier alpha value is -4.73. The molecule has 0 fully saturated rings. The maximum absolute atomic E-state index is 12.8. The third kappa shape index (κ3) is 4.10. The zero-order chi connectivity index (χ0) is 22.5. The zero-order valence-electron chi connectivity index (χ0n) is 16.9. The van der Waals surface area contributed by atoms with E-state index in [1.807, 2.05) is 30.3 Å². The molecule has 3 N–H and O–H groups in total. The first kappa shape index (κ1) is 20.5. The van der Waals surface area contributed by atoms with Crippen molar-refractivity contribution < 1.29 is 14.5 Å². The van der Waals surface area contributed by atoms with Gasteiger partial charge in [-0.2, -0.15) is 0 Å². The summed E-state index contributed by atoms with van der Waals surface area (Å²) in [5, 5.41) is 16.3. The van der Waals surface area contributed by atoms with Crippen LogP contribution in [0.3, 0.4) is 0 Å². The number of aromatic nitrogens is 2. The van der Waals surface area contributed by atoms with Crippen molar-refractivity contribution in [2.24, 2.45) is 0 Å². The van der Waals surface area contributed by atoms with Crippen LogP contribution in [0.2, 0.25) is 0 Å². The van der Waals surface area contributed by atoms with Gasteiger partial charge in [0.2, 0.25) is 11.6 Å². The van der Waals surface area contributed by atoms with Gasteiger partial charge in [-0.05, 0) is 29.0 Å². The number of para-hydroxylation sites is 2. The van der Waals surface area contributed by atoms with Gasteiger partial charge in [0.25, 0.3) is 5.91 Å². The highest BCUT2D eigenvalue weighted by Gasteiger charge is 2.24. The Kier molecular flexibility index (Phi) is 5.75. The van der Waals surface area contributed by atoms with Crippen LogP contribution < -0.4 is 20.9 Å². The van der Waals surface area contributed by atoms with Crippen molar-refractivity contribution in [3.05, 3.63) is 88.7 Å². The summed E-state index contributed by atoms with van der Waals surface area (Å²) in [4.78, 5) is 31.8. The summed E-state index contributed by atoms with van der Waals surface area (Å²) in [5.41, 5.74) is 5.50. The number of carbonyl (C=O) groups excluding carboxylic acids is 1. The summed E-state index contributed by atoms with van der Waals surface area (Å²) in [7, 11) is 1.49. The molecule has 1 amide bonds. The first-order chi connectivity index (χ1) is 15.6. The van der Waals surface area contributed by atoms with E-state index in [2.05, 4.69) is 26.1 Å². The van der Waals surface area contributed by atoms with Crippen molar-refractivity contribution in [2.45, 2.75) is 0 Å². The van der Waals surface area contributed by atoms with E-state index in [-0.39, 0.29) is 11.6 Å². The smallest absolute Gasteiger partial charge is 0.355 e. The number of hydrogen-bond donors (Lipinski definition) is 3. The van der Waals surface area contributed by atoms with Gasteiger partial charge in [0.15, 0.2) is 0 Å². The lowest BCUT2D eigenvalue weighted by Crippen LogP contribution is -2.30. The quantitative estimate of drug-likeness (QED) is 0.296. The second-order valence-corrected chi connectivity index (χ2v) is 6.61. The highest BCUT2D eigenvalue weighted by atomic mass is 16.6. The highest BCUT2D eigenvalue weighted by Crippen LogP contribution is 2.33. The Morgan fingerprint density at radius 2 is 1.69 bits per heavy atom. The summed E-state index contributed by atoms with van der Waals surface area (Å²) < 4.78 is 5.26. The largest absolute Gasteiger partial charge is 0.495 e. The lowest BCUT2D eigenvalue weighted by molar-refractivity contribution is -0.383. The molecule has 1 aromatic heterocycles. The molecular formula is C22H18N6O4. The minimum absolute atomic E-state index is 0.0589. The fourth-order valence-corrected chi connectivity index (χ4v) is 3.22. The number of fused-ring (bicyclic) bond motifs is 1. The highest BCUT2D eigenvalue weighted by molar-refractivity contribution is 6.07. The van der Waals surface area contributed by atoms with E-state index >= 15 is 0 Å². The number of nitro groups is 1. The van der Waals surface area contributed by atoms with Crippen molar-refractivity contribution in [2.75, 3.05) is 17.9 Å². The van der Waals surface area contributed by atoms with E-state index in [4.69, 9.17) is 4.74 Å². The van der Waals surface area contributed by atoms with Crippen LogP contribution in [-0.2, 0) is 0 Å². The van der Waals surface area contributed by atoms with Crippen molar-refractivity contribution in [3.63, 3.8) is 0 Å². The molecule has 0 aliphatic heterocycles. The molecule has 10 nitrogen and oxygen atoms in total. The zero-order valence-corrected chi connectivity index (χ0v) is 16.9. The van der Waals surface area contributed by atoms with Crippen molar-refractivity contribution >= 4 is 39.7 Å². The SMILES string of the molecule is COc1ccccc1Nc1ncnc(NNC(=O)c2cccc3ccccc23)c1[N+](=O)[O-]. The van der Waals surface area contributed by atoms with Gasteiger partial charge in [-0.15, -0.1) is 0 Å². The number of hydrazine groups is 1. The molecule has 0 aliphatic carbocycles. The predicted molar refractivity (Wildman–Crippen MR) is 120 cm³/mol. The number of anilines is 3. The minimum atomic E-state index is -0.635. The Morgan fingerprint density at radius 3 is 2.50 bits per heavy atom. The van der Waals surface area contributed by atoms with E-state index in [0.717, 1.165) is 17.1 Å². The van der Waals surface area contributed by atoms with E-state index in [1.54, 1.807) is 36.4 Å². The van der Waals surface area contributed by atoms with Gasteiger partial charge in [-0.3, -0.25) is 25.8 Å². The van der Waals surface area contributed by atoms with E-state index < -0.39 is 16.5 Å². The van der Waals surface area contributed by atoms with Gasteiger partial charge in [0.05, 0.1) is 17.7 Å². The molecule has 4 rings (SSSR count). The van der Waals surface area contributed by atoms with Gasteiger partial charge in [-0.25, -0.2) is 9.97 Å². The van der Waals surface area contributed by atoms with Crippen LogP contribution in [0.4, 0.5) is 23.0 Å². The summed E-state index contributed by atoms with van der Waals surface area (Å²) >= 11 is 0. The Morgan fingerprint density at radius 1 is 0.969 bits per heavy atom. The number of amides is 1. The molecule has 0 saturated heterocycles. The lowest BCUT2D eigenvalue weighted by atomic mass is 10.0. The van der Waals surface area contributed by atoms with Gasteiger partial charge < -0.3 is 10.1 Å². The molecule has 4 aromatic rings. The van der Waals surface area contributed by atoms with Gasteiger partial charge in [0.1, 0.15) is 12.1 Å². The van der Waals surface area contributed by atoms with E-state index in [0.29, 0.717) is 17.0 Å². The van der Waals surface area contributed by atoms with Crippen LogP contribution in [0.15, 0.2) is 73.1 Å². The number of methoxy groups -OCH3 is 1. The number of nitrogens with one attached hydrogen (secondary N) is 3. The van der Waals surface area contributed by atoms with Crippen LogP contribution in [0.5, 0.6) is 5.75 Å². The number of nitrogens with zero attached hydrogens (tertiary/aromatic N) is 3. The topological polar surface area (TPSA) is 131 Å². The standard InChI is InChI=1S/C22H18N6O4/c1-32-18-12-5-4-11-17(18)25-20-19(28(30)31)21(24-13-23-20)26-27-22(29)16-10-6-8-14-7-2-3-9-15(14)16/h2-13H,1H3,(H,27,29)(H2,23,24,25,26). The fourth-order valence-electron chi connectivity index (χ4n) is 3.22. The third-order valence-electron chi connectivity index (χ3n) is 4.69. The van der Waals surface area contributed by atoms with Gasteiger partial charge >= 0.3 is 5.69 Å². The normalized spacial score (nSPS) is 10.4. The Bertz CT molecular complexity index is 1310. The van der Waals surface area contributed by atoms with Gasteiger partial charge in [0, 0.05) is 5.56 Å². The Balaban J connectivity index is 1.61. The van der Waals surface area contributed by atoms with Crippen LogP contribution in [-0.4, -0.2) is 27.9 Å². The average Bonchev–Trinajstić information content (AvgIpc) is 2.82. The monoisotopic (exact) mass is 430 g/mol. The second kappa shape index (κ2) is 8.96. The van der Waals surface area contributed by atoms with Crippen molar-refractivity contribution in [1.29, 1.82) is 0 Å². The Labute approximate surface area is 182 Å². The first-order valence-electron chi connectivity index (χ1n) is 9.52. The molecule has 0 unspecified atom stereocenters. The summed E-state index contributed by atoms with van der Waals surface area (Å²) in [5.74, 6) is -0.208. The van der Waals surface area contributed by atoms with Crippen molar-refractivity contribution in [3.8, 4) is 5.75 Å². The number of carbonyl (C=O) groups is 1. The maximum Gasteiger partial charge on any atom is 0.355 e. The van der Waals surface area contributed by atoms with Crippen molar-refractivity contribution in [1.82, 2.24) is 15.4 Å². The van der Waals surface area contributed by atoms with Crippen LogP contribution in [0.1, 0.15) is 10.4 Å². The number of ether oxygens (including phenoxy) is 1. The maximum atomic E-state index is 12.8. The second-order valence-electron chi connectivity index (χ2n) is 6.61. The summed E-state index contributed by atoms with van der Waals surface area (Å²) in [6.45, 7) is 0. The third-order valence-corrected chi connectivity index (χ3v) is 4.69. The molecule has 1 heterocycles. The minimum Gasteiger partial charge on any atom is -0.495 e. The number of benzene rings is 3. The first-order valence-corrected chi connectivity index (χ1v) is 9.52. The van der Waals surface area contributed by atoms with Gasteiger partial charge in [-0.1, -0.05) is 48.5 Å². The summed E-state index contributed by atoms with van der Waals surface area (Å²) in [6, 6.07) is 19.7. The lowest BCUT2D eigenvalue weighted by Gasteiger charge is -2.13. The predicted octanol–water partition coefficient (Wildman–Crippen LogP) is 4.05. The molecule has 160 valence electrons. The molecule has 0 spiro atoms. The molecule has 0 radical (unpaired) electrons. The molecule has 0 aliphatic rings. The molecular weight excluding hydrogens is 412 g/mol. The molecule has 0 saturated carbocycles. The molecule has 0 bridgehead atoms. The van der Waals surface area contributed by atoms with E-state index in [9.17, 15) is 14.9 Å². The van der Waals surface area contributed by atoms with Crippen LogP contribution >= 0.6 is 0 Å².